The molecule has 4 aliphatic rings. The molecule has 2 saturated carbocycles. The Labute approximate surface area is 82.6 Å². The number of rotatable bonds is 0. The molecule has 0 aromatic heterocycles. The lowest BCUT2D eigenvalue weighted by Gasteiger charge is -2.58. The van der Waals surface area contributed by atoms with Gasteiger partial charge in [0.1, 0.15) is 0 Å². The molecule has 2 N–H and O–H groups in total. The number of aliphatic hydroxyl groups is 1. The van der Waals surface area contributed by atoms with Gasteiger partial charge in [-0.3, -0.25) is 0 Å². The van der Waals surface area contributed by atoms with E-state index in [2.05, 4.69) is 5.16 Å². The van der Waals surface area contributed by atoms with Crippen molar-refractivity contribution in [3.05, 3.63) is 0 Å². The molecule has 2 aliphatic heterocycles. The van der Waals surface area contributed by atoms with Crippen molar-refractivity contribution in [2.75, 3.05) is 0 Å². The van der Waals surface area contributed by atoms with Crippen LogP contribution in [0, 0.1) is 11.8 Å². The summed E-state index contributed by atoms with van der Waals surface area (Å²) in [7, 11) is 0. The zero-order valence-corrected chi connectivity index (χ0v) is 8.23. The third-order valence-corrected chi connectivity index (χ3v) is 3.88. The van der Waals surface area contributed by atoms with E-state index in [0.29, 0.717) is 12.8 Å². The van der Waals surface area contributed by atoms with Crippen molar-refractivity contribution in [1.29, 1.82) is 0 Å². The first-order valence-electron chi connectivity index (χ1n) is 5.18. The van der Waals surface area contributed by atoms with E-state index in [1.807, 2.05) is 6.92 Å². The van der Waals surface area contributed by atoms with Crippen LogP contribution in [0.5, 0.6) is 0 Å². The van der Waals surface area contributed by atoms with Crippen molar-refractivity contribution < 1.29 is 15.1 Å². The molecule has 0 amide bonds. The fraction of sp³-hybridized carbons (Fsp3) is 0.900. The molecule has 4 nitrogen and oxygen atoms in total. The van der Waals surface area contributed by atoms with Gasteiger partial charge in [-0.15, -0.1) is 0 Å². The first-order valence-corrected chi connectivity index (χ1v) is 5.18. The Hall–Kier alpha value is -0.610. The van der Waals surface area contributed by atoms with Gasteiger partial charge in [-0.1, -0.05) is 5.16 Å². The van der Waals surface area contributed by atoms with Gasteiger partial charge in [0.25, 0.3) is 0 Å². The first kappa shape index (κ1) is 8.68. The quantitative estimate of drug-likeness (QED) is 0.451. The van der Waals surface area contributed by atoms with E-state index in [1.54, 1.807) is 0 Å². The van der Waals surface area contributed by atoms with E-state index in [4.69, 9.17) is 9.94 Å². The molecule has 0 aromatic rings. The Kier molecular flexibility index (Phi) is 1.43. The van der Waals surface area contributed by atoms with Gasteiger partial charge < -0.3 is 15.1 Å². The fourth-order valence-corrected chi connectivity index (χ4v) is 3.66. The van der Waals surface area contributed by atoms with E-state index in [-0.39, 0.29) is 17.4 Å². The van der Waals surface area contributed by atoms with Crippen LogP contribution in [0.3, 0.4) is 0 Å². The third-order valence-electron chi connectivity index (χ3n) is 3.88. The lowest BCUT2D eigenvalue weighted by atomic mass is 9.60. The van der Waals surface area contributed by atoms with Crippen LogP contribution in [0.25, 0.3) is 0 Å². The number of hydrogen-bond donors (Lipinski definition) is 2. The van der Waals surface area contributed by atoms with E-state index in [1.165, 1.54) is 0 Å². The fourth-order valence-electron chi connectivity index (χ4n) is 3.66. The van der Waals surface area contributed by atoms with Crippen molar-refractivity contribution in [3.63, 3.8) is 0 Å². The van der Waals surface area contributed by atoms with Crippen molar-refractivity contribution in [2.45, 2.75) is 44.0 Å². The number of nitrogens with zero attached hydrogens (tertiary/aromatic N) is 1. The van der Waals surface area contributed by atoms with Gasteiger partial charge in [0, 0.05) is 24.7 Å². The van der Waals surface area contributed by atoms with Crippen LogP contribution in [-0.2, 0) is 4.74 Å². The maximum Gasteiger partial charge on any atom is 0.167 e. The highest BCUT2D eigenvalue weighted by molar-refractivity contribution is 5.90. The summed E-state index contributed by atoms with van der Waals surface area (Å²) in [4.78, 5) is 0. The highest BCUT2D eigenvalue weighted by Crippen LogP contribution is 2.55. The summed E-state index contributed by atoms with van der Waals surface area (Å²) in [6.45, 7) is 2.05. The van der Waals surface area contributed by atoms with E-state index in [9.17, 15) is 5.11 Å². The lowest BCUT2D eigenvalue weighted by Crippen LogP contribution is -2.63. The van der Waals surface area contributed by atoms with E-state index in [0.717, 1.165) is 18.6 Å². The Bertz CT molecular complexity index is 274. The molecule has 4 heteroatoms. The van der Waals surface area contributed by atoms with Crippen LogP contribution in [0.4, 0.5) is 0 Å². The highest BCUT2D eigenvalue weighted by Gasteiger charge is 2.59. The molecule has 0 aromatic carbocycles. The largest absolute Gasteiger partial charge is 0.411 e. The monoisotopic (exact) mass is 197 g/mol. The van der Waals surface area contributed by atoms with Gasteiger partial charge in [-0.25, -0.2) is 0 Å². The van der Waals surface area contributed by atoms with Gasteiger partial charge in [0.05, 0.1) is 11.3 Å². The van der Waals surface area contributed by atoms with Gasteiger partial charge in [0.2, 0.25) is 0 Å². The standard InChI is InChI=1S/C10H15NO3/c1-9-2-6-4-10(12,14-9)5-7(3-9)8(6)11-13/h6-7,12-13H,2-5H2,1H3/b11-8-/t6-,7+,9+,10-/m0/s1. The zero-order valence-electron chi connectivity index (χ0n) is 8.23. The van der Waals surface area contributed by atoms with Crippen LogP contribution >= 0.6 is 0 Å². The minimum atomic E-state index is -0.950. The lowest BCUT2D eigenvalue weighted by molar-refractivity contribution is -0.330. The summed E-state index contributed by atoms with van der Waals surface area (Å²) in [5, 5.41) is 22.5. The van der Waals surface area contributed by atoms with Crippen LogP contribution in [0.15, 0.2) is 5.16 Å². The minimum absolute atomic E-state index is 0.200. The molecule has 2 heterocycles. The van der Waals surface area contributed by atoms with Crippen LogP contribution in [-0.4, -0.2) is 27.4 Å². The Morgan fingerprint density at radius 2 is 1.86 bits per heavy atom. The number of ether oxygens (including phenoxy) is 1. The van der Waals surface area contributed by atoms with Crippen molar-refractivity contribution in [1.82, 2.24) is 0 Å². The van der Waals surface area contributed by atoms with Gasteiger partial charge in [0.15, 0.2) is 5.79 Å². The second-order valence-corrected chi connectivity index (χ2v) is 5.23. The summed E-state index contributed by atoms with van der Waals surface area (Å²) in [6.07, 6.45) is 2.95. The second-order valence-electron chi connectivity index (χ2n) is 5.23. The molecule has 4 bridgehead atoms. The summed E-state index contributed by atoms with van der Waals surface area (Å²) >= 11 is 0. The van der Waals surface area contributed by atoms with Crippen LogP contribution < -0.4 is 0 Å². The summed E-state index contributed by atoms with van der Waals surface area (Å²) in [5.41, 5.74) is 0.685. The van der Waals surface area contributed by atoms with Crippen molar-refractivity contribution in [3.8, 4) is 0 Å². The smallest absolute Gasteiger partial charge is 0.167 e. The topological polar surface area (TPSA) is 62.1 Å². The number of hydrogen-bond acceptors (Lipinski definition) is 4. The summed E-state index contributed by atoms with van der Waals surface area (Å²) in [5.74, 6) is -0.512. The summed E-state index contributed by atoms with van der Waals surface area (Å²) < 4.78 is 5.71. The van der Waals surface area contributed by atoms with Gasteiger partial charge >= 0.3 is 0 Å². The van der Waals surface area contributed by atoms with Crippen LogP contribution in [0.2, 0.25) is 0 Å². The molecule has 2 saturated heterocycles. The maximum atomic E-state index is 10.1. The summed E-state index contributed by atoms with van der Waals surface area (Å²) in [6, 6.07) is 0. The van der Waals surface area contributed by atoms with Crippen molar-refractivity contribution in [2.24, 2.45) is 17.0 Å². The molecular formula is C10H15NO3. The molecule has 0 spiro atoms. The second kappa shape index (κ2) is 2.31. The third kappa shape index (κ3) is 0.982. The Morgan fingerprint density at radius 3 is 2.29 bits per heavy atom. The Balaban J connectivity index is 2.02. The first-order chi connectivity index (χ1) is 6.54. The van der Waals surface area contributed by atoms with Crippen LogP contribution in [0.1, 0.15) is 32.6 Å². The molecule has 0 unspecified atom stereocenters. The SMILES string of the molecule is C[C@]12C[C@@H]3C[C@](O)(C[C@H](C1)/C3=N/O)O2. The number of oxime groups is 1. The predicted molar refractivity (Wildman–Crippen MR) is 49.1 cm³/mol. The Morgan fingerprint density at radius 1 is 1.29 bits per heavy atom. The average molecular weight is 197 g/mol. The average Bonchev–Trinajstić information content (AvgIpc) is 1.97. The molecule has 0 radical (unpaired) electrons. The normalized spacial score (nSPS) is 58.3. The van der Waals surface area contributed by atoms with Gasteiger partial charge in [-0.05, 0) is 19.8 Å². The highest BCUT2D eigenvalue weighted by atomic mass is 16.6. The van der Waals surface area contributed by atoms with Gasteiger partial charge in [-0.2, -0.15) is 0 Å². The molecule has 4 fully saturated rings. The molecule has 4 atom stereocenters. The van der Waals surface area contributed by atoms with Crippen molar-refractivity contribution >= 4 is 5.71 Å². The minimum Gasteiger partial charge on any atom is -0.411 e. The predicted octanol–water partition coefficient (Wildman–Crippen LogP) is 1.11. The molecule has 4 rings (SSSR count). The van der Waals surface area contributed by atoms with E-state index >= 15 is 0 Å². The molecule has 14 heavy (non-hydrogen) atoms. The molecule has 2 aliphatic carbocycles. The van der Waals surface area contributed by atoms with E-state index < -0.39 is 5.79 Å². The molecular weight excluding hydrogens is 182 g/mol. The molecule has 78 valence electrons. The maximum absolute atomic E-state index is 10.1. The zero-order chi connectivity index (χ0) is 9.97.